The third kappa shape index (κ3) is 4.39. The third-order valence-corrected chi connectivity index (χ3v) is 5.50. The molecule has 0 aliphatic heterocycles. The predicted octanol–water partition coefficient (Wildman–Crippen LogP) is 5.87. The highest BCUT2D eigenvalue weighted by molar-refractivity contribution is 8.02. The van der Waals surface area contributed by atoms with Crippen LogP contribution in [0, 0.1) is 24.1 Å². The van der Waals surface area contributed by atoms with Crippen LogP contribution < -0.4 is 4.74 Å². The van der Waals surface area contributed by atoms with Crippen LogP contribution in [0.25, 0.3) is 0 Å². The second-order valence-electron chi connectivity index (χ2n) is 5.64. The number of hydrogen-bond acceptors (Lipinski definition) is 5. The van der Waals surface area contributed by atoms with Crippen LogP contribution in [0.3, 0.4) is 0 Å². The second kappa shape index (κ2) is 8.37. The Kier molecular flexibility index (Phi) is 6.57. The van der Waals surface area contributed by atoms with E-state index in [-0.39, 0.29) is 33.3 Å². The molecule has 0 spiro atoms. The predicted molar refractivity (Wildman–Crippen MR) is 96.0 cm³/mol. The summed E-state index contributed by atoms with van der Waals surface area (Å²) in [4.78, 5) is 15.6. The van der Waals surface area contributed by atoms with Gasteiger partial charge in [-0.25, -0.2) is 9.37 Å². The summed E-state index contributed by atoms with van der Waals surface area (Å²) in [6.45, 7) is 2.78. The summed E-state index contributed by atoms with van der Waals surface area (Å²) in [5.41, 5.74) is 0.368. The minimum absolute atomic E-state index is 0.00578. The van der Waals surface area contributed by atoms with Crippen LogP contribution in [0.5, 0.6) is 11.6 Å². The van der Waals surface area contributed by atoms with Crippen molar-refractivity contribution >= 4 is 29.1 Å². The molecule has 148 valence electrons. The van der Waals surface area contributed by atoms with Gasteiger partial charge in [0.05, 0.1) is 17.3 Å². The standard InChI is InChI=1S/C18H13ClF4N2O2S/c1-3-15(26)17(9-24,18(21,22)23)28-14-7-12(4-5-13(14)19)27-16-10(2)6-11(20)8-25-16/h4-8H,3H2,1-2H3. The Morgan fingerprint density at radius 3 is 2.57 bits per heavy atom. The van der Waals surface area contributed by atoms with Crippen molar-refractivity contribution in [1.29, 1.82) is 5.26 Å². The summed E-state index contributed by atoms with van der Waals surface area (Å²) in [7, 11) is 0. The number of benzene rings is 1. The molecule has 0 aliphatic rings. The van der Waals surface area contributed by atoms with Crippen molar-refractivity contribution in [3.8, 4) is 17.7 Å². The second-order valence-corrected chi connectivity index (χ2v) is 7.30. The first-order valence-electron chi connectivity index (χ1n) is 7.84. The Labute approximate surface area is 167 Å². The summed E-state index contributed by atoms with van der Waals surface area (Å²) in [5.74, 6) is -1.75. The van der Waals surface area contributed by atoms with Crippen LogP contribution in [0.15, 0.2) is 35.4 Å². The van der Waals surface area contributed by atoms with Gasteiger partial charge in [0.15, 0.2) is 5.78 Å². The first-order chi connectivity index (χ1) is 13.0. The molecule has 0 fully saturated rings. The topological polar surface area (TPSA) is 63.0 Å². The lowest BCUT2D eigenvalue weighted by molar-refractivity contribution is -0.160. The lowest BCUT2D eigenvalue weighted by Gasteiger charge is -2.27. The van der Waals surface area contributed by atoms with E-state index in [4.69, 9.17) is 16.3 Å². The molecule has 4 nitrogen and oxygen atoms in total. The van der Waals surface area contributed by atoms with Gasteiger partial charge in [-0.2, -0.15) is 18.4 Å². The van der Waals surface area contributed by atoms with Crippen molar-refractivity contribution in [2.24, 2.45) is 0 Å². The number of rotatable bonds is 6. The van der Waals surface area contributed by atoms with Gasteiger partial charge in [-0.1, -0.05) is 30.3 Å². The number of nitriles is 1. The molecule has 2 rings (SSSR count). The maximum absolute atomic E-state index is 13.6. The van der Waals surface area contributed by atoms with Crippen LogP contribution in [0.4, 0.5) is 17.6 Å². The van der Waals surface area contributed by atoms with Crippen molar-refractivity contribution in [3.63, 3.8) is 0 Å². The Hall–Kier alpha value is -2.31. The Balaban J connectivity index is 2.44. The van der Waals surface area contributed by atoms with E-state index < -0.39 is 28.9 Å². The van der Waals surface area contributed by atoms with E-state index in [1.54, 1.807) is 6.92 Å². The molecule has 0 amide bonds. The lowest BCUT2D eigenvalue weighted by atomic mass is 10.0. The number of aromatic nitrogens is 1. The van der Waals surface area contributed by atoms with Crippen LogP contribution in [-0.2, 0) is 4.79 Å². The van der Waals surface area contributed by atoms with E-state index in [9.17, 15) is 27.6 Å². The van der Waals surface area contributed by atoms with Gasteiger partial charge < -0.3 is 4.74 Å². The minimum atomic E-state index is -5.12. The number of Topliss-reactive ketones (excluding diaryl/α,β-unsaturated/α-hetero) is 1. The van der Waals surface area contributed by atoms with E-state index in [1.165, 1.54) is 25.1 Å². The van der Waals surface area contributed by atoms with Gasteiger partial charge in [-0.3, -0.25) is 4.79 Å². The zero-order valence-electron chi connectivity index (χ0n) is 14.6. The molecule has 0 radical (unpaired) electrons. The number of ketones is 1. The molecule has 28 heavy (non-hydrogen) atoms. The maximum atomic E-state index is 13.6. The monoisotopic (exact) mass is 432 g/mol. The van der Waals surface area contributed by atoms with E-state index in [2.05, 4.69) is 4.98 Å². The normalized spacial score (nSPS) is 13.5. The zero-order chi connectivity index (χ0) is 21.1. The molecule has 0 saturated carbocycles. The summed E-state index contributed by atoms with van der Waals surface area (Å²) < 4.78 is 56.1. The first kappa shape index (κ1) is 22.0. The highest BCUT2D eigenvalue weighted by Crippen LogP contribution is 2.48. The molecule has 0 N–H and O–H groups in total. The van der Waals surface area contributed by atoms with Gasteiger partial charge in [-0.15, -0.1) is 0 Å². The minimum Gasteiger partial charge on any atom is -0.439 e. The molecule has 1 aromatic carbocycles. The number of hydrogen-bond donors (Lipinski definition) is 0. The Morgan fingerprint density at radius 2 is 2.04 bits per heavy atom. The van der Waals surface area contributed by atoms with Gasteiger partial charge in [0, 0.05) is 16.9 Å². The number of pyridine rings is 1. The quantitative estimate of drug-likeness (QED) is 0.422. The van der Waals surface area contributed by atoms with Crippen molar-refractivity contribution in [2.75, 3.05) is 0 Å². The highest BCUT2D eigenvalue weighted by Gasteiger charge is 2.61. The molecule has 1 heterocycles. The summed E-state index contributed by atoms with van der Waals surface area (Å²) in [6.07, 6.45) is -4.67. The fraction of sp³-hybridized carbons (Fsp3) is 0.278. The van der Waals surface area contributed by atoms with Gasteiger partial charge in [0.25, 0.3) is 4.75 Å². The lowest BCUT2D eigenvalue weighted by Crippen LogP contribution is -2.47. The number of carbonyl (C=O) groups excluding carboxylic acids is 1. The van der Waals surface area contributed by atoms with E-state index in [0.29, 0.717) is 5.56 Å². The van der Waals surface area contributed by atoms with Gasteiger partial charge in [0.1, 0.15) is 11.6 Å². The fourth-order valence-electron chi connectivity index (χ4n) is 2.21. The summed E-state index contributed by atoms with van der Waals surface area (Å²) >= 11 is 5.99. The molecule has 0 saturated heterocycles. The molecule has 1 unspecified atom stereocenters. The highest BCUT2D eigenvalue weighted by atomic mass is 35.5. The first-order valence-corrected chi connectivity index (χ1v) is 9.03. The Morgan fingerprint density at radius 1 is 1.36 bits per heavy atom. The molecular formula is C18H13ClF4N2O2S. The smallest absolute Gasteiger partial charge is 0.423 e. The number of carbonyl (C=O) groups is 1. The molecule has 0 bridgehead atoms. The number of ether oxygens (including phenoxy) is 1. The number of nitrogens with zero attached hydrogens (tertiary/aromatic N) is 2. The number of alkyl halides is 3. The molecule has 0 aliphatic carbocycles. The molecule has 1 aromatic heterocycles. The largest absolute Gasteiger partial charge is 0.439 e. The van der Waals surface area contributed by atoms with Gasteiger partial charge in [-0.05, 0) is 31.2 Å². The average molecular weight is 433 g/mol. The van der Waals surface area contributed by atoms with Crippen molar-refractivity contribution in [1.82, 2.24) is 4.98 Å². The summed E-state index contributed by atoms with van der Waals surface area (Å²) in [6, 6.07) is 6.09. The fourth-order valence-corrected chi connectivity index (χ4v) is 3.53. The summed E-state index contributed by atoms with van der Waals surface area (Å²) in [5, 5.41) is 9.11. The van der Waals surface area contributed by atoms with Gasteiger partial charge in [0.2, 0.25) is 5.88 Å². The van der Waals surface area contributed by atoms with E-state index in [0.717, 1.165) is 18.3 Å². The molecule has 1 atom stereocenters. The molecule has 2 aromatic rings. The third-order valence-electron chi connectivity index (χ3n) is 3.65. The van der Waals surface area contributed by atoms with Crippen LogP contribution >= 0.6 is 23.4 Å². The van der Waals surface area contributed by atoms with E-state index >= 15 is 0 Å². The van der Waals surface area contributed by atoms with Crippen LogP contribution in [-0.4, -0.2) is 21.7 Å². The van der Waals surface area contributed by atoms with Gasteiger partial charge >= 0.3 is 6.18 Å². The van der Waals surface area contributed by atoms with E-state index in [1.807, 2.05) is 0 Å². The molecule has 10 heteroatoms. The number of aryl methyl sites for hydroxylation is 1. The average Bonchev–Trinajstić information content (AvgIpc) is 2.62. The maximum Gasteiger partial charge on any atom is 0.423 e. The van der Waals surface area contributed by atoms with Crippen molar-refractivity contribution in [2.45, 2.75) is 36.1 Å². The molecular weight excluding hydrogens is 420 g/mol. The zero-order valence-corrected chi connectivity index (χ0v) is 16.2. The van der Waals surface area contributed by atoms with Crippen molar-refractivity contribution < 1.29 is 27.1 Å². The van der Waals surface area contributed by atoms with Crippen LogP contribution in [0.1, 0.15) is 18.9 Å². The number of thioether (sulfide) groups is 1. The van der Waals surface area contributed by atoms with Crippen LogP contribution in [0.2, 0.25) is 5.02 Å². The van der Waals surface area contributed by atoms with Crippen molar-refractivity contribution in [3.05, 3.63) is 46.9 Å². The SMILES string of the molecule is CCC(=O)C(C#N)(Sc1cc(Oc2ncc(F)cc2C)ccc1Cl)C(F)(F)F. The Bertz CT molecular complexity index is 946. The number of halogens is 5.